The minimum Gasteiger partial charge on any atom is -0.396 e. The summed E-state index contributed by atoms with van der Waals surface area (Å²) < 4.78 is 28.6. The minimum atomic E-state index is -0.781. The number of halogens is 2. The van der Waals surface area contributed by atoms with Gasteiger partial charge in [0.1, 0.15) is 11.6 Å². The molecule has 1 saturated carbocycles. The van der Waals surface area contributed by atoms with E-state index in [9.17, 15) is 8.78 Å². The van der Waals surface area contributed by atoms with E-state index in [1.54, 1.807) is 4.68 Å². The maximum absolute atomic E-state index is 13.9. The van der Waals surface area contributed by atoms with E-state index in [-0.39, 0.29) is 17.1 Å². The quantitative estimate of drug-likeness (QED) is 0.871. The predicted octanol–water partition coefficient (Wildman–Crippen LogP) is 2.25. The molecule has 1 fully saturated rings. The van der Waals surface area contributed by atoms with Gasteiger partial charge in [0.15, 0.2) is 5.82 Å². The molecule has 3 rings (SSSR count). The van der Waals surface area contributed by atoms with Crippen molar-refractivity contribution in [2.45, 2.75) is 26.3 Å². The molecule has 1 aromatic heterocycles. The molecule has 106 valence electrons. The number of hydrogen-bond acceptors (Lipinski definition) is 4. The lowest BCUT2D eigenvalue weighted by molar-refractivity contribution is 0.402. The molecule has 20 heavy (non-hydrogen) atoms. The Morgan fingerprint density at radius 1 is 1.35 bits per heavy atom. The number of rotatable bonds is 4. The van der Waals surface area contributed by atoms with Gasteiger partial charge < -0.3 is 5.73 Å². The summed E-state index contributed by atoms with van der Waals surface area (Å²) in [6.45, 7) is 2.74. The summed E-state index contributed by atoms with van der Waals surface area (Å²) in [5, 5.41) is 11.3. The first kappa shape index (κ1) is 13.0. The fourth-order valence-electron chi connectivity index (χ4n) is 2.34. The zero-order valence-electron chi connectivity index (χ0n) is 11.1. The van der Waals surface area contributed by atoms with Gasteiger partial charge in [-0.1, -0.05) is 6.92 Å². The van der Waals surface area contributed by atoms with Crippen LogP contribution in [0.15, 0.2) is 12.1 Å². The van der Waals surface area contributed by atoms with Gasteiger partial charge in [-0.3, -0.25) is 0 Å². The highest BCUT2D eigenvalue weighted by Crippen LogP contribution is 2.37. The first-order valence-electron chi connectivity index (χ1n) is 6.57. The van der Waals surface area contributed by atoms with Crippen LogP contribution in [0.1, 0.15) is 19.8 Å². The summed E-state index contributed by atoms with van der Waals surface area (Å²) >= 11 is 0. The second kappa shape index (κ2) is 4.81. The van der Waals surface area contributed by atoms with E-state index in [2.05, 4.69) is 22.4 Å². The molecule has 0 bridgehead atoms. The molecule has 1 aliphatic rings. The number of aromatic nitrogens is 4. The zero-order valence-corrected chi connectivity index (χ0v) is 11.1. The van der Waals surface area contributed by atoms with E-state index in [1.807, 2.05) is 0 Å². The largest absolute Gasteiger partial charge is 0.396 e. The third-order valence-electron chi connectivity index (χ3n) is 3.75. The van der Waals surface area contributed by atoms with Crippen molar-refractivity contribution in [1.82, 2.24) is 20.2 Å². The molecule has 1 heterocycles. The molecule has 1 atom stereocenters. The first-order valence-corrected chi connectivity index (χ1v) is 6.57. The van der Waals surface area contributed by atoms with Crippen LogP contribution in [0.5, 0.6) is 0 Å². The molecule has 1 aliphatic carbocycles. The third-order valence-corrected chi connectivity index (χ3v) is 3.75. The number of nitrogens with two attached hydrogens (primary N) is 1. The van der Waals surface area contributed by atoms with Crippen molar-refractivity contribution in [2.24, 2.45) is 11.8 Å². The number of nitrogens with zero attached hydrogens (tertiary/aromatic N) is 4. The van der Waals surface area contributed by atoms with Crippen LogP contribution in [-0.2, 0) is 6.54 Å². The topological polar surface area (TPSA) is 69.6 Å². The van der Waals surface area contributed by atoms with Gasteiger partial charge >= 0.3 is 0 Å². The van der Waals surface area contributed by atoms with Gasteiger partial charge in [0.25, 0.3) is 0 Å². The zero-order chi connectivity index (χ0) is 14.3. The fourth-order valence-corrected chi connectivity index (χ4v) is 2.34. The van der Waals surface area contributed by atoms with E-state index in [0.29, 0.717) is 18.4 Å². The Morgan fingerprint density at radius 3 is 2.80 bits per heavy atom. The predicted molar refractivity (Wildman–Crippen MR) is 69.5 cm³/mol. The highest BCUT2D eigenvalue weighted by atomic mass is 19.1. The second-order valence-corrected chi connectivity index (χ2v) is 5.35. The lowest BCUT2D eigenvalue weighted by atomic mass is 10.1. The van der Waals surface area contributed by atoms with E-state index < -0.39 is 11.6 Å². The van der Waals surface area contributed by atoms with Crippen molar-refractivity contribution in [3.63, 3.8) is 0 Å². The van der Waals surface area contributed by atoms with Crippen molar-refractivity contribution >= 4 is 5.69 Å². The molecule has 2 N–H and O–H groups in total. The summed E-state index contributed by atoms with van der Waals surface area (Å²) in [5.41, 5.74) is 5.49. The SMILES string of the molecule is CC(Cn1nnnc1-c1cc(N)c(F)cc1F)C1CC1. The van der Waals surface area contributed by atoms with Crippen LogP contribution in [-0.4, -0.2) is 20.2 Å². The molecule has 0 amide bonds. The normalized spacial score (nSPS) is 16.4. The lowest BCUT2D eigenvalue weighted by Crippen LogP contribution is -2.12. The molecule has 2 aromatic rings. The second-order valence-electron chi connectivity index (χ2n) is 5.35. The Morgan fingerprint density at radius 2 is 2.10 bits per heavy atom. The smallest absolute Gasteiger partial charge is 0.185 e. The summed E-state index contributed by atoms with van der Waals surface area (Å²) in [5.74, 6) is -0.0987. The maximum Gasteiger partial charge on any atom is 0.185 e. The fraction of sp³-hybridized carbons (Fsp3) is 0.462. The van der Waals surface area contributed by atoms with Gasteiger partial charge in [0.05, 0.1) is 11.3 Å². The standard InChI is InChI=1S/C13H15F2N5/c1-7(8-2-3-8)6-20-13(17-18-19-20)9-4-12(16)11(15)5-10(9)14/h4-5,7-8H,2-3,6,16H2,1H3. The summed E-state index contributed by atoms with van der Waals surface area (Å²) in [7, 11) is 0. The van der Waals surface area contributed by atoms with Crippen LogP contribution < -0.4 is 5.73 Å². The molecule has 5 nitrogen and oxygen atoms in total. The van der Waals surface area contributed by atoms with Crippen molar-refractivity contribution in [3.8, 4) is 11.4 Å². The highest BCUT2D eigenvalue weighted by molar-refractivity contribution is 5.62. The molecule has 0 aliphatic heterocycles. The van der Waals surface area contributed by atoms with E-state index in [1.165, 1.54) is 18.9 Å². The maximum atomic E-state index is 13.9. The molecule has 1 unspecified atom stereocenters. The van der Waals surface area contributed by atoms with Gasteiger partial charge in [0.2, 0.25) is 0 Å². The molecular formula is C13H15F2N5. The van der Waals surface area contributed by atoms with E-state index >= 15 is 0 Å². The number of anilines is 1. The molecule has 7 heteroatoms. The van der Waals surface area contributed by atoms with Gasteiger partial charge in [-0.05, 0) is 41.2 Å². The summed E-state index contributed by atoms with van der Waals surface area (Å²) in [6, 6.07) is 1.99. The van der Waals surface area contributed by atoms with Crippen LogP contribution >= 0.6 is 0 Å². The Bertz CT molecular complexity index is 636. The molecular weight excluding hydrogens is 264 g/mol. The number of nitrogen functional groups attached to an aromatic ring is 1. The van der Waals surface area contributed by atoms with Gasteiger partial charge in [-0.15, -0.1) is 5.10 Å². The van der Waals surface area contributed by atoms with Gasteiger partial charge in [0, 0.05) is 12.6 Å². The summed E-state index contributed by atoms with van der Waals surface area (Å²) in [4.78, 5) is 0. The van der Waals surface area contributed by atoms with Crippen LogP contribution in [0, 0.1) is 23.5 Å². The average Bonchev–Trinajstić information content (AvgIpc) is 3.16. The Balaban J connectivity index is 1.94. The first-order chi connectivity index (χ1) is 9.56. The van der Waals surface area contributed by atoms with Crippen LogP contribution in [0.2, 0.25) is 0 Å². The van der Waals surface area contributed by atoms with Gasteiger partial charge in [-0.25, -0.2) is 13.5 Å². The number of tetrazole rings is 1. The van der Waals surface area contributed by atoms with Gasteiger partial charge in [-0.2, -0.15) is 0 Å². The van der Waals surface area contributed by atoms with Crippen molar-refractivity contribution in [1.29, 1.82) is 0 Å². The molecule has 0 spiro atoms. The van der Waals surface area contributed by atoms with Crippen LogP contribution in [0.3, 0.4) is 0 Å². The lowest BCUT2D eigenvalue weighted by Gasteiger charge is -2.11. The number of benzene rings is 1. The number of hydrogen-bond donors (Lipinski definition) is 1. The van der Waals surface area contributed by atoms with E-state index in [4.69, 9.17) is 5.73 Å². The minimum absolute atomic E-state index is 0.119. The Hall–Kier alpha value is -2.05. The van der Waals surface area contributed by atoms with Crippen molar-refractivity contribution < 1.29 is 8.78 Å². The Kier molecular flexibility index (Phi) is 3.11. The van der Waals surface area contributed by atoms with Crippen LogP contribution in [0.25, 0.3) is 11.4 Å². The Labute approximate surface area is 114 Å². The summed E-state index contributed by atoms with van der Waals surface area (Å²) in [6.07, 6.45) is 2.44. The molecule has 1 aromatic carbocycles. The van der Waals surface area contributed by atoms with E-state index in [0.717, 1.165) is 6.07 Å². The van der Waals surface area contributed by atoms with Crippen LogP contribution in [0.4, 0.5) is 14.5 Å². The monoisotopic (exact) mass is 279 g/mol. The van der Waals surface area contributed by atoms with Crippen molar-refractivity contribution in [3.05, 3.63) is 23.8 Å². The molecule has 0 saturated heterocycles. The highest BCUT2D eigenvalue weighted by Gasteiger charge is 2.29. The average molecular weight is 279 g/mol. The molecule has 0 radical (unpaired) electrons. The third kappa shape index (κ3) is 2.35. The van der Waals surface area contributed by atoms with Crippen molar-refractivity contribution in [2.75, 3.05) is 5.73 Å².